The van der Waals surface area contributed by atoms with Gasteiger partial charge in [0.1, 0.15) is 6.54 Å². The highest BCUT2D eigenvalue weighted by Crippen LogP contribution is 1.94. The molecule has 0 aromatic heterocycles. The molecule has 0 heterocycles. The molecule has 0 radical (unpaired) electrons. The lowest BCUT2D eigenvalue weighted by Crippen LogP contribution is -3.00. The Kier molecular flexibility index (Phi) is 5.84. The van der Waals surface area contributed by atoms with Crippen molar-refractivity contribution >= 4 is 5.91 Å². The van der Waals surface area contributed by atoms with E-state index in [2.05, 4.69) is 0 Å². The zero-order valence-electron chi connectivity index (χ0n) is 6.59. The van der Waals surface area contributed by atoms with Crippen LogP contribution in [0.15, 0.2) is 0 Å². The molecule has 1 N–H and O–H groups in total. The molecule has 4 heteroatoms. The number of carbonyl (C=O) groups excluding carboxylic acids is 1. The number of hydrogen-bond acceptors (Lipinski definition) is 2. The zero-order chi connectivity index (χ0) is 7.49. The van der Waals surface area contributed by atoms with Gasteiger partial charge in [-0.25, -0.2) is 4.79 Å². The Morgan fingerprint density at radius 3 is 2.00 bits per heavy atom. The van der Waals surface area contributed by atoms with Crippen molar-refractivity contribution in [2.75, 3.05) is 27.2 Å². The van der Waals surface area contributed by atoms with E-state index in [4.69, 9.17) is 5.11 Å². The van der Waals surface area contributed by atoms with Crippen molar-refractivity contribution in [3.63, 3.8) is 0 Å². The number of likely N-dealkylation sites (N-methyl/N-ethyl adjacent to an activating group) is 1. The molecule has 0 aliphatic heterocycles. The number of nitrogens with zero attached hydrogens (tertiary/aromatic N) is 1. The van der Waals surface area contributed by atoms with E-state index in [9.17, 15) is 4.79 Å². The van der Waals surface area contributed by atoms with Crippen LogP contribution in [-0.4, -0.2) is 42.7 Å². The quantitative estimate of drug-likeness (QED) is 0.436. The molecule has 62 valence electrons. The third-order valence-corrected chi connectivity index (χ3v) is 1.51. The molecule has 0 atom stereocenters. The number of amides is 1. The average Bonchev–Trinajstić information content (AvgIpc) is 1.65. The molecule has 3 nitrogen and oxygen atoms in total. The van der Waals surface area contributed by atoms with Gasteiger partial charge in [0.2, 0.25) is 0 Å². The molecular weight excluding hydrogens is 154 g/mol. The largest absolute Gasteiger partial charge is 1.00 e. The fourth-order valence-corrected chi connectivity index (χ4v) is 0.407. The number of hydrogen-bond donors (Lipinski definition) is 1. The minimum absolute atomic E-state index is 0. The molecule has 0 aromatic rings. The molecule has 0 aromatic carbocycles. The summed E-state index contributed by atoms with van der Waals surface area (Å²) >= 11 is 0. The van der Waals surface area contributed by atoms with Crippen molar-refractivity contribution in [1.82, 2.24) is 0 Å². The molecule has 0 aliphatic rings. The number of quaternary nitrogens is 1. The predicted octanol–water partition coefficient (Wildman–Crippen LogP) is -3.39. The highest BCUT2D eigenvalue weighted by atomic mass is 35.5. The van der Waals surface area contributed by atoms with Crippen molar-refractivity contribution in [2.45, 2.75) is 6.92 Å². The zero-order valence-corrected chi connectivity index (χ0v) is 7.35. The Morgan fingerprint density at radius 2 is 1.90 bits per heavy atom. The third kappa shape index (κ3) is 3.82. The SMILES string of the molecule is CC(=O)[N+](C)(C)CCO.[Cl-]. The number of aliphatic hydroxyl groups is 1. The number of rotatable bonds is 2. The van der Waals surface area contributed by atoms with Gasteiger partial charge in [0.05, 0.1) is 27.6 Å². The normalized spacial score (nSPS) is 10.4. The minimum Gasteiger partial charge on any atom is -1.00 e. The van der Waals surface area contributed by atoms with Crippen LogP contribution in [-0.2, 0) is 4.79 Å². The van der Waals surface area contributed by atoms with Gasteiger partial charge in [-0.3, -0.25) is 4.48 Å². The molecule has 0 fully saturated rings. The lowest BCUT2D eigenvalue weighted by molar-refractivity contribution is -0.813. The standard InChI is InChI=1S/C6H14NO2.ClH/c1-6(9)7(2,3)4-5-8;/h8H,4-5H2,1-3H3;1H/q+1;/p-1. The van der Waals surface area contributed by atoms with E-state index in [-0.39, 0.29) is 29.4 Å². The van der Waals surface area contributed by atoms with Crippen LogP contribution in [0, 0.1) is 0 Å². The fraction of sp³-hybridized carbons (Fsp3) is 0.833. The maximum atomic E-state index is 10.7. The van der Waals surface area contributed by atoms with Crippen molar-refractivity contribution < 1.29 is 26.8 Å². The van der Waals surface area contributed by atoms with Crippen molar-refractivity contribution in [2.24, 2.45) is 0 Å². The summed E-state index contributed by atoms with van der Waals surface area (Å²) in [5.74, 6) is 0.0732. The molecule has 0 aliphatic carbocycles. The molecule has 0 saturated heterocycles. The summed E-state index contributed by atoms with van der Waals surface area (Å²) in [6.45, 7) is 2.08. The summed E-state index contributed by atoms with van der Waals surface area (Å²) in [5.41, 5.74) is 0. The lowest BCUT2D eigenvalue weighted by Gasteiger charge is -2.23. The van der Waals surface area contributed by atoms with Gasteiger partial charge in [0.25, 0.3) is 0 Å². The Bertz CT molecular complexity index is 114. The van der Waals surface area contributed by atoms with Gasteiger partial charge in [-0.1, -0.05) is 0 Å². The van der Waals surface area contributed by atoms with Crippen LogP contribution in [0.1, 0.15) is 6.92 Å². The van der Waals surface area contributed by atoms with Gasteiger partial charge in [0.15, 0.2) is 0 Å². The Labute approximate surface area is 67.6 Å². The summed E-state index contributed by atoms with van der Waals surface area (Å²) in [4.78, 5) is 10.7. The van der Waals surface area contributed by atoms with E-state index in [1.807, 2.05) is 0 Å². The van der Waals surface area contributed by atoms with E-state index in [0.29, 0.717) is 6.54 Å². The molecule has 0 rings (SSSR count). The van der Waals surface area contributed by atoms with Crippen LogP contribution in [0.5, 0.6) is 0 Å². The van der Waals surface area contributed by atoms with E-state index < -0.39 is 0 Å². The average molecular weight is 168 g/mol. The van der Waals surface area contributed by atoms with Crippen LogP contribution < -0.4 is 12.4 Å². The van der Waals surface area contributed by atoms with E-state index in [0.717, 1.165) is 0 Å². The van der Waals surface area contributed by atoms with Gasteiger partial charge in [0, 0.05) is 0 Å². The Morgan fingerprint density at radius 1 is 1.50 bits per heavy atom. The molecule has 0 spiro atoms. The van der Waals surface area contributed by atoms with Crippen LogP contribution in [0.4, 0.5) is 0 Å². The monoisotopic (exact) mass is 167 g/mol. The number of carbonyl (C=O) groups is 1. The topological polar surface area (TPSA) is 37.3 Å². The van der Waals surface area contributed by atoms with E-state index >= 15 is 0 Å². The van der Waals surface area contributed by atoms with Crippen LogP contribution in [0.25, 0.3) is 0 Å². The predicted molar refractivity (Wildman–Crippen MR) is 34.7 cm³/mol. The van der Waals surface area contributed by atoms with Crippen molar-refractivity contribution in [3.8, 4) is 0 Å². The van der Waals surface area contributed by atoms with Gasteiger partial charge in [-0.15, -0.1) is 0 Å². The summed E-state index contributed by atoms with van der Waals surface area (Å²) in [6, 6.07) is 0. The second-order valence-electron chi connectivity index (χ2n) is 2.65. The minimum atomic E-state index is 0. The Balaban J connectivity index is 0. The lowest BCUT2D eigenvalue weighted by atomic mass is 10.4. The van der Waals surface area contributed by atoms with Crippen LogP contribution in [0.3, 0.4) is 0 Å². The molecule has 1 amide bonds. The first-order chi connectivity index (χ1) is 4.00. The van der Waals surface area contributed by atoms with Crippen molar-refractivity contribution in [1.29, 1.82) is 0 Å². The second kappa shape index (κ2) is 4.66. The highest BCUT2D eigenvalue weighted by Gasteiger charge is 2.19. The van der Waals surface area contributed by atoms with Gasteiger partial charge in [-0.2, -0.15) is 0 Å². The number of halogens is 1. The Hall–Kier alpha value is -0.120. The van der Waals surface area contributed by atoms with Crippen LogP contribution in [0.2, 0.25) is 0 Å². The van der Waals surface area contributed by atoms with Crippen LogP contribution >= 0.6 is 0 Å². The third-order valence-electron chi connectivity index (χ3n) is 1.51. The summed E-state index contributed by atoms with van der Waals surface area (Å²) in [5, 5.41) is 8.48. The van der Waals surface area contributed by atoms with Gasteiger partial charge >= 0.3 is 5.91 Å². The maximum Gasteiger partial charge on any atom is 0.310 e. The highest BCUT2D eigenvalue weighted by molar-refractivity contribution is 5.65. The first kappa shape index (κ1) is 12.5. The second-order valence-corrected chi connectivity index (χ2v) is 2.65. The molecule has 0 unspecified atom stereocenters. The van der Waals surface area contributed by atoms with Crippen molar-refractivity contribution in [3.05, 3.63) is 0 Å². The van der Waals surface area contributed by atoms with Gasteiger partial charge < -0.3 is 17.5 Å². The smallest absolute Gasteiger partial charge is 0.310 e. The summed E-state index contributed by atoms with van der Waals surface area (Å²) in [6.07, 6.45) is 0. The molecule has 0 saturated carbocycles. The van der Waals surface area contributed by atoms with E-state index in [1.165, 1.54) is 6.92 Å². The molecular formula is C6H14ClNO2. The summed E-state index contributed by atoms with van der Waals surface area (Å²) < 4.78 is 0.260. The summed E-state index contributed by atoms with van der Waals surface area (Å²) in [7, 11) is 3.55. The number of aliphatic hydroxyl groups excluding tert-OH is 1. The fourth-order valence-electron chi connectivity index (χ4n) is 0.407. The van der Waals surface area contributed by atoms with E-state index in [1.54, 1.807) is 14.1 Å². The van der Waals surface area contributed by atoms with Gasteiger partial charge in [-0.05, 0) is 0 Å². The molecule has 10 heavy (non-hydrogen) atoms. The molecule has 0 bridgehead atoms. The maximum absolute atomic E-state index is 10.7. The first-order valence-electron chi connectivity index (χ1n) is 2.95. The first-order valence-corrected chi connectivity index (χ1v) is 2.95.